The van der Waals surface area contributed by atoms with Gasteiger partial charge in [-0.3, -0.25) is 0 Å². The van der Waals surface area contributed by atoms with Crippen molar-refractivity contribution in [3.8, 4) is 11.8 Å². The third-order valence-electron chi connectivity index (χ3n) is 3.38. The molecule has 5 heteroatoms. The Kier molecular flexibility index (Phi) is 4.54. The van der Waals surface area contributed by atoms with Gasteiger partial charge in [0.15, 0.2) is 5.75 Å². The Hall–Kier alpha value is -1.41. The van der Waals surface area contributed by atoms with Gasteiger partial charge in [-0.15, -0.1) is 11.3 Å². The van der Waals surface area contributed by atoms with Gasteiger partial charge in [0.1, 0.15) is 21.6 Å². The van der Waals surface area contributed by atoms with Crippen molar-refractivity contribution in [2.24, 2.45) is 5.92 Å². The number of rotatable bonds is 5. The van der Waals surface area contributed by atoms with Gasteiger partial charge in [-0.05, 0) is 32.6 Å². The van der Waals surface area contributed by atoms with Gasteiger partial charge in [0.2, 0.25) is 0 Å². The third kappa shape index (κ3) is 3.32. The fraction of sp³-hybridized carbons (Fsp3) is 0.643. The second-order valence-corrected chi connectivity index (χ2v) is 6.33. The summed E-state index contributed by atoms with van der Waals surface area (Å²) in [5, 5.41) is 13.4. The molecule has 0 aromatic carbocycles. The lowest BCUT2D eigenvalue weighted by Crippen LogP contribution is -2.12. The van der Waals surface area contributed by atoms with E-state index in [1.54, 1.807) is 0 Å². The van der Waals surface area contributed by atoms with E-state index in [0.717, 1.165) is 17.5 Å². The monoisotopic (exact) mass is 279 g/mol. The molecule has 1 aliphatic rings. The molecular weight excluding hydrogens is 258 g/mol. The number of nitrogens with two attached hydrogens (primary N) is 1. The van der Waals surface area contributed by atoms with Gasteiger partial charge in [-0.2, -0.15) is 5.26 Å². The molecule has 4 nitrogen and oxygen atoms in total. The molecule has 0 atom stereocenters. The molecule has 0 radical (unpaired) electrons. The van der Waals surface area contributed by atoms with Crippen LogP contribution in [0.1, 0.15) is 44.4 Å². The van der Waals surface area contributed by atoms with Crippen molar-refractivity contribution in [3.63, 3.8) is 0 Å². The zero-order chi connectivity index (χ0) is 13.8. The van der Waals surface area contributed by atoms with Crippen LogP contribution in [-0.2, 0) is 0 Å². The van der Waals surface area contributed by atoms with Gasteiger partial charge in [-0.1, -0.05) is 12.8 Å². The fourth-order valence-electron chi connectivity index (χ4n) is 2.43. The minimum atomic E-state index is 0.0514. The highest BCUT2D eigenvalue weighted by Gasteiger charge is 2.20. The molecule has 1 aliphatic carbocycles. The molecule has 1 heterocycles. The number of nitrogen functional groups attached to an aromatic ring is 1. The Morgan fingerprint density at radius 3 is 2.74 bits per heavy atom. The molecule has 0 amide bonds. The molecule has 1 saturated carbocycles. The number of nitrogens with one attached hydrogen (secondary N) is 1. The first-order chi connectivity index (χ1) is 9.11. The van der Waals surface area contributed by atoms with Gasteiger partial charge in [0.05, 0.1) is 6.10 Å². The maximum Gasteiger partial charge on any atom is 0.178 e. The van der Waals surface area contributed by atoms with E-state index < -0.39 is 0 Å². The quantitative estimate of drug-likeness (QED) is 0.864. The third-order valence-corrected chi connectivity index (χ3v) is 4.43. The maximum absolute atomic E-state index is 9.07. The summed E-state index contributed by atoms with van der Waals surface area (Å²) in [6, 6.07) is 2.13. The number of thiophene rings is 1. The van der Waals surface area contributed by atoms with E-state index in [1.165, 1.54) is 37.0 Å². The van der Waals surface area contributed by atoms with Crippen LogP contribution in [0.3, 0.4) is 0 Å². The number of nitrogens with zero attached hydrogens (tertiary/aromatic N) is 1. The lowest BCUT2D eigenvalue weighted by atomic mass is 10.1. The first-order valence-corrected chi connectivity index (χ1v) is 7.66. The zero-order valence-corrected chi connectivity index (χ0v) is 12.3. The normalized spacial score (nSPS) is 15.7. The Labute approximate surface area is 118 Å². The fourth-order valence-corrected chi connectivity index (χ4v) is 3.29. The predicted octanol–water partition coefficient (Wildman–Crippen LogP) is 3.59. The largest absolute Gasteiger partial charge is 0.486 e. The first-order valence-electron chi connectivity index (χ1n) is 6.84. The van der Waals surface area contributed by atoms with Crippen molar-refractivity contribution >= 4 is 22.0 Å². The van der Waals surface area contributed by atoms with Crippen LogP contribution in [0.4, 0.5) is 10.7 Å². The van der Waals surface area contributed by atoms with Crippen molar-refractivity contribution in [2.45, 2.75) is 45.6 Å². The predicted molar refractivity (Wildman–Crippen MR) is 79.7 cm³/mol. The van der Waals surface area contributed by atoms with Gasteiger partial charge < -0.3 is 15.8 Å². The summed E-state index contributed by atoms with van der Waals surface area (Å²) in [6.07, 6.45) is 5.30. The highest BCUT2D eigenvalue weighted by atomic mass is 32.1. The average molecular weight is 279 g/mol. The molecule has 0 aliphatic heterocycles. The lowest BCUT2D eigenvalue weighted by Gasteiger charge is -2.14. The number of hydrogen-bond acceptors (Lipinski definition) is 5. The molecule has 0 saturated heterocycles. The van der Waals surface area contributed by atoms with Crippen molar-refractivity contribution in [2.75, 3.05) is 17.6 Å². The van der Waals surface area contributed by atoms with Gasteiger partial charge in [-0.25, -0.2) is 0 Å². The van der Waals surface area contributed by atoms with Crippen LogP contribution in [0.2, 0.25) is 0 Å². The second-order valence-electron chi connectivity index (χ2n) is 5.31. The highest BCUT2D eigenvalue weighted by molar-refractivity contribution is 7.17. The van der Waals surface area contributed by atoms with Gasteiger partial charge in [0.25, 0.3) is 0 Å². The average Bonchev–Trinajstić information content (AvgIpc) is 2.97. The minimum absolute atomic E-state index is 0.0514. The van der Waals surface area contributed by atoms with E-state index in [2.05, 4.69) is 11.4 Å². The molecule has 1 fully saturated rings. The van der Waals surface area contributed by atoms with Crippen molar-refractivity contribution in [3.05, 3.63) is 4.88 Å². The van der Waals surface area contributed by atoms with Gasteiger partial charge in [0, 0.05) is 6.54 Å². The molecule has 1 aromatic rings. The Bertz CT molecular complexity index is 470. The summed E-state index contributed by atoms with van der Waals surface area (Å²) in [5.74, 6) is 1.38. The summed E-state index contributed by atoms with van der Waals surface area (Å²) in [4.78, 5) is 0.532. The SMILES string of the molecule is CC(C)Oc1c(NCC2CCCC2)sc(C#N)c1N. The van der Waals surface area contributed by atoms with Crippen LogP contribution in [0.15, 0.2) is 0 Å². The number of anilines is 2. The Morgan fingerprint density at radius 1 is 1.47 bits per heavy atom. The summed E-state index contributed by atoms with van der Waals surface area (Å²) in [5.41, 5.74) is 6.44. The van der Waals surface area contributed by atoms with Crippen molar-refractivity contribution < 1.29 is 4.74 Å². The van der Waals surface area contributed by atoms with E-state index >= 15 is 0 Å². The lowest BCUT2D eigenvalue weighted by molar-refractivity contribution is 0.246. The standard InChI is InChI=1S/C14H21N3OS/c1-9(2)18-13-12(16)11(7-15)19-14(13)17-8-10-5-3-4-6-10/h9-10,17H,3-6,8,16H2,1-2H3. The van der Waals surface area contributed by atoms with Crippen LogP contribution in [0, 0.1) is 17.2 Å². The van der Waals surface area contributed by atoms with Crippen LogP contribution in [0.25, 0.3) is 0 Å². The van der Waals surface area contributed by atoms with E-state index in [-0.39, 0.29) is 6.10 Å². The molecule has 2 rings (SSSR count). The molecule has 3 N–H and O–H groups in total. The van der Waals surface area contributed by atoms with Crippen LogP contribution in [0.5, 0.6) is 5.75 Å². The number of ether oxygens (including phenoxy) is 1. The molecule has 104 valence electrons. The molecular formula is C14H21N3OS. The van der Waals surface area contributed by atoms with Crippen LogP contribution >= 0.6 is 11.3 Å². The van der Waals surface area contributed by atoms with Crippen molar-refractivity contribution in [1.82, 2.24) is 0 Å². The summed E-state index contributed by atoms with van der Waals surface area (Å²) < 4.78 is 5.75. The molecule has 1 aromatic heterocycles. The zero-order valence-electron chi connectivity index (χ0n) is 11.5. The molecule has 19 heavy (non-hydrogen) atoms. The molecule has 0 spiro atoms. The molecule has 0 bridgehead atoms. The van der Waals surface area contributed by atoms with E-state index in [1.807, 2.05) is 13.8 Å². The molecule has 0 unspecified atom stereocenters. The second kappa shape index (κ2) is 6.16. The number of hydrogen-bond donors (Lipinski definition) is 2. The Morgan fingerprint density at radius 2 is 2.16 bits per heavy atom. The topological polar surface area (TPSA) is 71.1 Å². The van der Waals surface area contributed by atoms with Crippen LogP contribution < -0.4 is 15.8 Å². The smallest absolute Gasteiger partial charge is 0.178 e. The van der Waals surface area contributed by atoms with E-state index in [0.29, 0.717) is 16.3 Å². The summed E-state index contributed by atoms with van der Waals surface area (Å²) in [6.45, 7) is 4.87. The first kappa shape index (κ1) is 14.0. The number of nitriles is 1. The maximum atomic E-state index is 9.07. The highest BCUT2D eigenvalue weighted by Crippen LogP contribution is 2.43. The summed E-state index contributed by atoms with van der Waals surface area (Å²) >= 11 is 1.39. The Balaban J connectivity index is 2.11. The summed E-state index contributed by atoms with van der Waals surface area (Å²) in [7, 11) is 0. The van der Waals surface area contributed by atoms with Gasteiger partial charge >= 0.3 is 0 Å². The van der Waals surface area contributed by atoms with E-state index in [4.69, 9.17) is 15.7 Å². The van der Waals surface area contributed by atoms with Crippen molar-refractivity contribution in [1.29, 1.82) is 5.26 Å². The minimum Gasteiger partial charge on any atom is -0.486 e. The van der Waals surface area contributed by atoms with E-state index in [9.17, 15) is 0 Å². The van der Waals surface area contributed by atoms with Crippen LogP contribution in [-0.4, -0.2) is 12.6 Å².